The normalized spacial score (nSPS) is 21.5. The zero-order chi connectivity index (χ0) is 36.5. The minimum Gasteiger partial charge on any atom is -0.491 e. The van der Waals surface area contributed by atoms with Gasteiger partial charge in [0.2, 0.25) is 0 Å². The molecule has 1 aromatic heterocycles. The number of aliphatic carboxylic acids is 1. The fourth-order valence-corrected chi connectivity index (χ4v) is 4.57. The molecule has 50 heavy (non-hydrogen) atoms. The number of hydrogen-bond donors (Lipinski definition) is 6. The maximum Gasteiger partial charge on any atom is 0.408 e. The van der Waals surface area contributed by atoms with Gasteiger partial charge in [0, 0.05) is 12.6 Å². The molecule has 18 nitrogen and oxygen atoms in total. The Kier molecular flexibility index (Phi) is 17.2. The van der Waals surface area contributed by atoms with Crippen LogP contribution < -0.4 is 10.1 Å². The number of alkyl carbamates (subject to hydrolysis) is 1. The fraction of sp³-hybridized carbons (Fsp3) is 0.688. The van der Waals surface area contributed by atoms with Crippen LogP contribution in [0, 0.1) is 0 Å². The molecule has 0 saturated carbocycles. The number of aliphatic hydroxyl groups excluding tert-OH is 4. The molecular formula is C32H50N4O14. The van der Waals surface area contributed by atoms with Crippen LogP contribution in [-0.2, 0) is 52.6 Å². The SMILES string of the molecule is CC(C)(C)OC(=O)N[C@@H](Cc1cn(CCOCCOCCOCCOc2ccc(CCO[C@@H]3O[C@H](CO)[C@@H](O)[C@H](O)[C@H]3O)cc2)nn1)C(=O)O. The molecule has 3 rings (SSSR count). The van der Waals surface area contributed by atoms with Crippen LogP contribution in [0.25, 0.3) is 0 Å². The largest absolute Gasteiger partial charge is 0.491 e. The second-order valence-corrected chi connectivity index (χ2v) is 12.4. The molecule has 2 heterocycles. The van der Waals surface area contributed by atoms with Crippen LogP contribution in [0.3, 0.4) is 0 Å². The van der Waals surface area contributed by atoms with E-state index in [9.17, 15) is 35.1 Å². The highest BCUT2D eigenvalue weighted by molar-refractivity contribution is 5.80. The summed E-state index contributed by atoms with van der Waals surface area (Å²) in [5.74, 6) is -0.543. The highest BCUT2D eigenvalue weighted by atomic mass is 16.7. The van der Waals surface area contributed by atoms with E-state index in [1.807, 2.05) is 24.3 Å². The van der Waals surface area contributed by atoms with Crippen molar-refractivity contribution in [2.45, 2.75) is 82.5 Å². The molecule has 1 fully saturated rings. The third-order valence-electron chi connectivity index (χ3n) is 7.14. The molecule has 0 unspecified atom stereocenters. The first-order valence-corrected chi connectivity index (χ1v) is 16.3. The van der Waals surface area contributed by atoms with Crippen LogP contribution in [0.15, 0.2) is 30.5 Å². The van der Waals surface area contributed by atoms with E-state index in [0.29, 0.717) is 70.7 Å². The summed E-state index contributed by atoms with van der Waals surface area (Å²) >= 11 is 0. The first-order valence-electron chi connectivity index (χ1n) is 16.3. The van der Waals surface area contributed by atoms with Crippen LogP contribution in [0.1, 0.15) is 32.0 Å². The van der Waals surface area contributed by atoms with E-state index in [-0.39, 0.29) is 13.0 Å². The molecule has 0 aliphatic carbocycles. The van der Waals surface area contributed by atoms with Crippen molar-refractivity contribution >= 4 is 12.1 Å². The van der Waals surface area contributed by atoms with E-state index in [1.54, 1.807) is 27.0 Å². The second kappa shape index (κ2) is 21.0. The quantitative estimate of drug-likeness (QED) is 0.0825. The first-order chi connectivity index (χ1) is 23.9. The molecule has 282 valence electrons. The Hall–Kier alpha value is -3.46. The molecule has 18 heteroatoms. The molecule has 2 aromatic rings. The van der Waals surface area contributed by atoms with Crippen LogP contribution in [0.2, 0.25) is 0 Å². The lowest BCUT2D eigenvalue weighted by Crippen LogP contribution is -2.59. The van der Waals surface area contributed by atoms with Gasteiger partial charge in [-0.25, -0.2) is 14.3 Å². The van der Waals surface area contributed by atoms with Crippen LogP contribution in [0.5, 0.6) is 5.75 Å². The molecule has 6 N–H and O–H groups in total. The predicted molar refractivity (Wildman–Crippen MR) is 172 cm³/mol. The number of aliphatic hydroxyl groups is 4. The standard InChI is InChI=1S/C32H50N4O14/c1-32(2,3)50-31(43)33-24(29(41)42)18-22-19-36(35-34-22)9-11-44-12-13-45-14-15-46-16-17-47-23-6-4-21(5-7-23)8-10-48-30-28(40)27(39)26(38)25(20-37)49-30/h4-7,19,24-28,30,37-40H,8-18,20H2,1-3H3,(H,33,43)(H,41,42)/t24-,25+,26+,27-,28+,30+/m0/s1. The van der Waals surface area contributed by atoms with Crippen molar-refractivity contribution in [2.75, 3.05) is 59.5 Å². The summed E-state index contributed by atoms with van der Waals surface area (Å²) in [5.41, 5.74) is 0.594. The van der Waals surface area contributed by atoms with E-state index in [4.69, 9.17) is 33.2 Å². The van der Waals surface area contributed by atoms with Gasteiger partial charge in [-0.1, -0.05) is 17.3 Å². The molecule has 6 atom stereocenters. The number of hydrogen-bond acceptors (Lipinski definition) is 15. The van der Waals surface area contributed by atoms with Gasteiger partial charge in [-0.3, -0.25) is 0 Å². The maximum absolute atomic E-state index is 11.9. The van der Waals surface area contributed by atoms with Gasteiger partial charge in [-0.05, 0) is 44.9 Å². The number of rotatable bonds is 22. The summed E-state index contributed by atoms with van der Waals surface area (Å²) in [5, 5.41) is 58.7. The number of carboxylic acids is 1. The predicted octanol–water partition coefficient (Wildman–Crippen LogP) is -0.714. The number of aromatic nitrogens is 3. The Balaban J connectivity index is 1.16. The number of carbonyl (C=O) groups excluding carboxylic acids is 1. The van der Waals surface area contributed by atoms with Crippen molar-refractivity contribution in [2.24, 2.45) is 0 Å². The molecule has 1 aliphatic heterocycles. The van der Waals surface area contributed by atoms with Gasteiger partial charge in [-0.15, -0.1) is 5.10 Å². The van der Waals surface area contributed by atoms with E-state index in [1.165, 1.54) is 4.68 Å². The van der Waals surface area contributed by atoms with Gasteiger partial charge >= 0.3 is 12.1 Å². The van der Waals surface area contributed by atoms with Gasteiger partial charge in [0.05, 0.1) is 65.1 Å². The van der Waals surface area contributed by atoms with Crippen molar-refractivity contribution in [1.82, 2.24) is 20.3 Å². The topological polar surface area (TPSA) is 243 Å². The third kappa shape index (κ3) is 14.8. The molecule has 1 saturated heterocycles. The smallest absolute Gasteiger partial charge is 0.408 e. The van der Waals surface area contributed by atoms with Crippen molar-refractivity contribution in [1.29, 1.82) is 0 Å². The Morgan fingerprint density at radius 3 is 2.18 bits per heavy atom. The fourth-order valence-electron chi connectivity index (χ4n) is 4.57. The molecule has 1 aliphatic rings. The Morgan fingerprint density at radius 2 is 1.56 bits per heavy atom. The van der Waals surface area contributed by atoms with E-state index >= 15 is 0 Å². The lowest BCUT2D eigenvalue weighted by molar-refractivity contribution is -0.300. The molecular weight excluding hydrogens is 664 g/mol. The summed E-state index contributed by atoms with van der Waals surface area (Å²) in [6.07, 6.45) is -5.29. The van der Waals surface area contributed by atoms with Crippen LogP contribution in [0.4, 0.5) is 4.79 Å². The average Bonchev–Trinajstić information content (AvgIpc) is 3.51. The van der Waals surface area contributed by atoms with Crippen molar-refractivity contribution < 1.29 is 68.3 Å². The number of ether oxygens (including phenoxy) is 7. The number of carbonyl (C=O) groups is 2. The van der Waals surface area contributed by atoms with Gasteiger partial charge in [0.15, 0.2) is 6.29 Å². The Morgan fingerprint density at radius 1 is 0.920 bits per heavy atom. The van der Waals surface area contributed by atoms with Crippen molar-refractivity contribution in [3.63, 3.8) is 0 Å². The van der Waals surface area contributed by atoms with E-state index in [2.05, 4.69) is 15.6 Å². The highest BCUT2D eigenvalue weighted by Gasteiger charge is 2.43. The number of carboxylic acid groups (broad SMARTS) is 1. The third-order valence-corrected chi connectivity index (χ3v) is 7.14. The Bertz CT molecular complexity index is 1270. The summed E-state index contributed by atoms with van der Waals surface area (Å²) in [7, 11) is 0. The summed E-state index contributed by atoms with van der Waals surface area (Å²) in [6.45, 7) is 7.70. The lowest BCUT2D eigenvalue weighted by Gasteiger charge is -2.39. The maximum atomic E-state index is 11.9. The van der Waals surface area contributed by atoms with Gasteiger partial charge < -0.3 is 64.0 Å². The number of nitrogens with one attached hydrogen (secondary N) is 1. The summed E-state index contributed by atoms with van der Waals surface area (Å²) < 4.78 is 39.8. The summed E-state index contributed by atoms with van der Waals surface area (Å²) in [4.78, 5) is 23.5. The second-order valence-electron chi connectivity index (χ2n) is 12.4. The lowest BCUT2D eigenvalue weighted by atomic mass is 9.99. The molecule has 0 spiro atoms. The average molecular weight is 715 g/mol. The number of benzene rings is 1. The monoisotopic (exact) mass is 714 g/mol. The minimum absolute atomic E-state index is 0.0533. The van der Waals surface area contributed by atoms with Crippen molar-refractivity contribution in [3.05, 3.63) is 41.7 Å². The number of nitrogens with zero attached hydrogens (tertiary/aromatic N) is 3. The summed E-state index contributed by atoms with van der Waals surface area (Å²) in [6, 6.07) is 6.16. The highest BCUT2D eigenvalue weighted by Crippen LogP contribution is 2.22. The Labute approximate surface area is 290 Å². The van der Waals surface area contributed by atoms with Crippen LogP contribution >= 0.6 is 0 Å². The number of amides is 1. The molecule has 1 aromatic carbocycles. The van der Waals surface area contributed by atoms with E-state index in [0.717, 1.165) is 5.56 Å². The van der Waals surface area contributed by atoms with E-state index < -0.39 is 61.0 Å². The molecule has 1 amide bonds. The molecule has 0 bridgehead atoms. The van der Waals surface area contributed by atoms with Crippen molar-refractivity contribution in [3.8, 4) is 5.75 Å². The minimum atomic E-state index is -1.48. The first kappa shape index (κ1) is 41.0. The van der Waals surface area contributed by atoms with Gasteiger partial charge in [0.1, 0.15) is 48.4 Å². The molecule has 0 radical (unpaired) electrons. The van der Waals surface area contributed by atoms with Gasteiger partial charge in [0.25, 0.3) is 0 Å². The zero-order valence-corrected chi connectivity index (χ0v) is 28.6. The zero-order valence-electron chi connectivity index (χ0n) is 28.6. The van der Waals surface area contributed by atoms with Crippen LogP contribution in [-0.4, -0.2) is 154 Å². The van der Waals surface area contributed by atoms with Gasteiger partial charge in [-0.2, -0.15) is 0 Å².